The van der Waals surface area contributed by atoms with Gasteiger partial charge in [-0.1, -0.05) is 36.4 Å². The lowest BCUT2D eigenvalue weighted by atomic mass is 10.1. The summed E-state index contributed by atoms with van der Waals surface area (Å²) in [5, 5.41) is 0. The van der Waals surface area contributed by atoms with E-state index in [1.165, 1.54) is 12.1 Å². The van der Waals surface area contributed by atoms with E-state index < -0.39 is 26.7 Å². The van der Waals surface area contributed by atoms with E-state index >= 15 is 0 Å². The van der Waals surface area contributed by atoms with Crippen molar-refractivity contribution in [1.29, 1.82) is 0 Å². The fraction of sp³-hybridized carbons (Fsp3) is 0.208. The van der Waals surface area contributed by atoms with Crippen LogP contribution in [0.4, 0.5) is 24.5 Å². The van der Waals surface area contributed by atoms with E-state index in [1.807, 2.05) is 30.3 Å². The minimum atomic E-state index is -4.68. The highest BCUT2D eigenvalue weighted by molar-refractivity contribution is 7.92. The molecule has 178 valence electrons. The van der Waals surface area contributed by atoms with E-state index in [-0.39, 0.29) is 17.2 Å². The minimum Gasteiger partial charge on any atom is -0.368 e. The number of anilines is 2. The van der Waals surface area contributed by atoms with Crippen LogP contribution in [0.2, 0.25) is 0 Å². The molecule has 6 nitrogen and oxygen atoms in total. The van der Waals surface area contributed by atoms with Crippen LogP contribution in [0.3, 0.4) is 0 Å². The largest absolute Gasteiger partial charge is 0.416 e. The highest BCUT2D eigenvalue weighted by Crippen LogP contribution is 2.31. The number of carbonyl (C=O) groups is 1. The van der Waals surface area contributed by atoms with Crippen LogP contribution in [0.5, 0.6) is 0 Å². The predicted octanol–water partition coefficient (Wildman–Crippen LogP) is 4.47. The van der Waals surface area contributed by atoms with E-state index in [9.17, 15) is 26.4 Å². The number of benzene rings is 3. The number of amides is 1. The molecule has 1 fully saturated rings. The zero-order valence-corrected chi connectivity index (χ0v) is 18.8. The van der Waals surface area contributed by atoms with Crippen molar-refractivity contribution in [2.24, 2.45) is 0 Å². The van der Waals surface area contributed by atoms with Crippen LogP contribution in [0.25, 0.3) is 0 Å². The highest BCUT2D eigenvalue weighted by atomic mass is 32.2. The molecular weight excluding hydrogens is 467 g/mol. The lowest BCUT2D eigenvalue weighted by Gasteiger charge is -2.36. The zero-order chi connectivity index (χ0) is 24.3. The van der Waals surface area contributed by atoms with Crippen molar-refractivity contribution in [2.45, 2.75) is 11.1 Å². The molecule has 0 atom stereocenters. The second kappa shape index (κ2) is 9.38. The number of nitrogens with one attached hydrogen (secondary N) is 1. The summed E-state index contributed by atoms with van der Waals surface area (Å²) < 4.78 is 67.0. The summed E-state index contributed by atoms with van der Waals surface area (Å²) in [4.78, 5) is 16.4. The van der Waals surface area contributed by atoms with Crippen LogP contribution >= 0.6 is 0 Å². The third-order valence-electron chi connectivity index (χ3n) is 5.56. The van der Waals surface area contributed by atoms with Gasteiger partial charge < -0.3 is 9.80 Å². The fourth-order valence-electron chi connectivity index (χ4n) is 3.78. The summed E-state index contributed by atoms with van der Waals surface area (Å²) in [6.07, 6.45) is -4.68. The maximum atomic E-state index is 13.2. The number of alkyl halides is 3. The summed E-state index contributed by atoms with van der Waals surface area (Å²) in [7, 11) is -4.36. The number of sulfonamides is 1. The van der Waals surface area contributed by atoms with Crippen LogP contribution < -0.4 is 9.62 Å². The van der Waals surface area contributed by atoms with E-state index in [0.717, 1.165) is 23.9 Å². The number of carbonyl (C=O) groups excluding carboxylic acids is 1. The van der Waals surface area contributed by atoms with Gasteiger partial charge in [-0.25, -0.2) is 8.42 Å². The Kier molecular flexibility index (Phi) is 6.52. The van der Waals surface area contributed by atoms with Gasteiger partial charge in [-0.15, -0.1) is 0 Å². The second-order valence-electron chi connectivity index (χ2n) is 7.79. The lowest BCUT2D eigenvalue weighted by molar-refractivity contribution is -0.137. The molecule has 1 amide bonds. The SMILES string of the molecule is O=C(c1ccccc1NS(=O)(=O)c1cccc(C(F)(F)F)c1)N1CCN(c2ccccc2)CC1. The molecule has 1 saturated heterocycles. The Hall–Kier alpha value is -3.53. The number of piperazine rings is 1. The highest BCUT2D eigenvalue weighted by Gasteiger charge is 2.32. The minimum absolute atomic E-state index is 0.00963. The molecule has 1 N–H and O–H groups in total. The number of halogens is 3. The van der Waals surface area contributed by atoms with E-state index in [0.29, 0.717) is 32.2 Å². The molecule has 0 bridgehead atoms. The van der Waals surface area contributed by atoms with Crippen molar-refractivity contribution in [2.75, 3.05) is 35.8 Å². The average Bonchev–Trinajstić information content (AvgIpc) is 2.84. The first-order valence-electron chi connectivity index (χ1n) is 10.5. The summed E-state index contributed by atoms with van der Waals surface area (Å²) >= 11 is 0. The molecular formula is C24H22F3N3O3S. The predicted molar refractivity (Wildman–Crippen MR) is 123 cm³/mol. The molecule has 1 heterocycles. The molecule has 10 heteroatoms. The molecule has 34 heavy (non-hydrogen) atoms. The number of nitrogens with zero attached hydrogens (tertiary/aromatic N) is 2. The Balaban J connectivity index is 1.52. The maximum absolute atomic E-state index is 13.2. The molecule has 1 aliphatic rings. The first-order valence-corrected chi connectivity index (χ1v) is 12.0. The first-order chi connectivity index (χ1) is 16.1. The smallest absolute Gasteiger partial charge is 0.368 e. The maximum Gasteiger partial charge on any atom is 0.416 e. The van der Waals surface area contributed by atoms with Gasteiger partial charge in [0, 0.05) is 31.9 Å². The molecule has 0 unspecified atom stereocenters. The van der Waals surface area contributed by atoms with Gasteiger partial charge in [0.25, 0.3) is 15.9 Å². The third-order valence-corrected chi connectivity index (χ3v) is 6.92. The number of hydrogen-bond donors (Lipinski definition) is 1. The Morgan fingerprint density at radius 3 is 2.15 bits per heavy atom. The monoisotopic (exact) mass is 489 g/mol. The summed E-state index contributed by atoms with van der Waals surface area (Å²) in [5.74, 6) is -0.352. The van der Waals surface area contributed by atoms with Crippen molar-refractivity contribution >= 4 is 27.3 Å². The number of para-hydroxylation sites is 2. The molecule has 0 aliphatic carbocycles. The van der Waals surface area contributed by atoms with Gasteiger partial charge in [0.15, 0.2) is 0 Å². The molecule has 4 rings (SSSR count). The normalized spacial score (nSPS) is 14.7. The fourth-order valence-corrected chi connectivity index (χ4v) is 4.90. The van der Waals surface area contributed by atoms with Gasteiger partial charge in [-0.3, -0.25) is 9.52 Å². The standard InChI is InChI=1S/C24H22F3N3O3S/c25-24(26,27)18-7-6-10-20(17-18)34(32,33)28-22-12-5-4-11-21(22)23(31)30-15-13-29(14-16-30)19-8-2-1-3-9-19/h1-12,17,28H,13-16H2. The van der Waals surface area contributed by atoms with Gasteiger partial charge >= 0.3 is 6.18 Å². The Morgan fingerprint density at radius 1 is 0.824 bits per heavy atom. The van der Waals surface area contributed by atoms with Crippen LogP contribution in [0, 0.1) is 0 Å². The van der Waals surface area contributed by atoms with Crippen LogP contribution in [0.1, 0.15) is 15.9 Å². The van der Waals surface area contributed by atoms with Crippen LogP contribution in [-0.4, -0.2) is 45.4 Å². The van der Waals surface area contributed by atoms with Crippen molar-refractivity contribution in [1.82, 2.24) is 4.90 Å². The van der Waals surface area contributed by atoms with Crippen molar-refractivity contribution in [3.8, 4) is 0 Å². The second-order valence-corrected chi connectivity index (χ2v) is 9.47. The topological polar surface area (TPSA) is 69.7 Å². The van der Waals surface area contributed by atoms with Crippen molar-refractivity contribution in [3.63, 3.8) is 0 Å². The molecule has 3 aromatic carbocycles. The molecule has 1 aliphatic heterocycles. The molecule has 0 radical (unpaired) electrons. The molecule has 0 aromatic heterocycles. The van der Waals surface area contributed by atoms with E-state index in [2.05, 4.69) is 9.62 Å². The van der Waals surface area contributed by atoms with Gasteiger partial charge in [0.05, 0.1) is 21.7 Å². The Labute approximate surface area is 195 Å². The summed E-state index contributed by atoms with van der Waals surface area (Å²) in [6, 6.07) is 19.3. The molecule has 0 saturated carbocycles. The number of rotatable bonds is 5. The molecule has 0 spiro atoms. The van der Waals surface area contributed by atoms with Gasteiger partial charge in [0.2, 0.25) is 0 Å². The van der Waals surface area contributed by atoms with E-state index in [4.69, 9.17) is 0 Å². The summed E-state index contributed by atoms with van der Waals surface area (Å²) in [6.45, 7) is 2.13. The van der Waals surface area contributed by atoms with Crippen LogP contribution in [-0.2, 0) is 16.2 Å². The van der Waals surface area contributed by atoms with Crippen LogP contribution in [0.15, 0.2) is 83.8 Å². The summed E-state index contributed by atoms with van der Waals surface area (Å²) in [5.41, 5.74) is 0.126. The quantitative estimate of drug-likeness (QED) is 0.574. The first kappa shape index (κ1) is 23.6. The van der Waals surface area contributed by atoms with Gasteiger partial charge in [-0.05, 0) is 42.5 Å². The molecule has 3 aromatic rings. The zero-order valence-electron chi connectivity index (χ0n) is 18.0. The van der Waals surface area contributed by atoms with E-state index in [1.54, 1.807) is 17.0 Å². The average molecular weight is 490 g/mol. The Morgan fingerprint density at radius 2 is 1.47 bits per heavy atom. The lowest BCUT2D eigenvalue weighted by Crippen LogP contribution is -2.48. The Bertz CT molecular complexity index is 1270. The van der Waals surface area contributed by atoms with Gasteiger partial charge in [-0.2, -0.15) is 13.2 Å². The van der Waals surface area contributed by atoms with Gasteiger partial charge in [0.1, 0.15) is 0 Å². The number of hydrogen-bond acceptors (Lipinski definition) is 4. The van der Waals surface area contributed by atoms with Crippen molar-refractivity contribution < 1.29 is 26.4 Å². The van der Waals surface area contributed by atoms with Crippen molar-refractivity contribution in [3.05, 3.63) is 90.0 Å². The third kappa shape index (κ3) is 5.17.